The lowest BCUT2D eigenvalue weighted by molar-refractivity contribution is 0.101. The minimum atomic E-state index is -3.73. The summed E-state index contributed by atoms with van der Waals surface area (Å²) in [5, 5.41) is 10.2. The van der Waals surface area contributed by atoms with E-state index in [9.17, 15) is 13.5 Å². The highest BCUT2D eigenvalue weighted by Crippen LogP contribution is 2.27. The Kier molecular flexibility index (Phi) is 4.59. The number of anilines is 1. The van der Waals surface area contributed by atoms with E-state index in [-0.39, 0.29) is 4.90 Å². The molecule has 112 valence electrons. The van der Waals surface area contributed by atoms with Crippen LogP contribution in [0.3, 0.4) is 0 Å². The molecule has 1 aromatic carbocycles. The highest BCUT2D eigenvalue weighted by Gasteiger charge is 2.28. The molecule has 20 heavy (non-hydrogen) atoms. The summed E-state index contributed by atoms with van der Waals surface area (Å²) >= 11 is 5.97. The van der Waals surface area contributed by atoms with E-state index in [0.717, 1.165) is 12.8 Å². The number of nitrogen functional groups attached to an aromatic ring is 1. The fourth-order valence-electron chi connectivity index (χ4n) is 2.35. The summed E-state index contributed by atoms with van der Waals surface area (Å²) in [5.41, 5.74) is 6.74. The lowest BCUT2D eigenvalue weighted by Gasteiger charge is -2.28. The van der Waals surface area contributed by atoms with Crippen LogP contribution < -0.4 is 10.5 Å². The second-order valence-electron chi connectivity index (χ2n) is 5.20. The van der Waals surface area contributed by atoms with Crippen molar-refractivity contribution in [3.05, 3.63) is 22.7 Å². The van der Waals surface area contributed by atoms with Crippen LogP contribution in [0.5, 0.6) is 0 Å². The van der Waals surface area contributed by atoms with Crippen LogP contribution >= 0.6 is 11.6 Å². The average molecular weight is 319 g/mol. The van der Waals surface area contributed by atoms with Gasteiger partial charge in [0.2, 0.25) is 10.0 Å². The standard InChI is InChI=1S/C13H19ClN2O3S/c1-8-10(14)6-9(7-11(8)15)20(18,19)16-12-4-2-3-5-13(12)17/h6-7,12-13,16-17H,2-5,15H2,1H3/t12-,13-/m0/s1. The van der Waals surface area contributed by atoms with Gasteiger partial charge in [-0.1, -0.05) is 24.4 Å². The molecule has 0 aliphatic heterocycles. The van der Waals surface area contributed by atoms with Crippen LogP contribution in [-0.2, 0) is 10.0 Å². The molecule has 2 atom stereocenters. The summed E-state index contributed by atoms with van der Waals surface area (Å²) in [5.74, 6) is 0. The lowest BCUT2D eigenvalue weighted by Crippen LogP contribution is -2.44. The molecule has 5 nitrogen and oxygen atoms in total. The van der Waals surface area contributed by atoms with Crippen molar-refractivity contribution in [3.63, 3.8) is 0 Å². The summed E-state index contributed by atoms with van der Waals surface area (Å²) in [7, 11) is -3.73. The van der Waals surface area contributed by atoms with E-state index in [4.69, 9.17) is 17.3 Å². The van der Waals surface area contributed by atoms with E-state index in [2.05, 4.69) is 4.72 Å². The van der Waals surface area contributed by atoms with Crippen molar-refractivity contribution >= 4 is 27.3 Å². The first kappa shape index (κ1) is 15.6. The van der Waals surface area contributed by atoms with E-state index >= 15 is 0 Å². The molecule has 4 N–H and O–H groups in total. The number of aliphatic hydroxyl groups excluding tert-OH is 1. The highest BCUT2D eigenvalue weighted by atomic mass is 35.5. The molecular weight excluding hydrogens is 300 g/mol. The van der Waals surface area contributed by atoms with Gasteiger partial charge in [0.25, 0.3) is 0 Å². The van der Waals surface area contributed by atoms with Gasteiger partial charge in [-0.25, -0.2) is 13.1 Å². The first-order chi connectivity index (χ1) is 9.31. The fourth-order valence-corrected chi connectivity index (χ4v) is 4.00. The number of hydrogen-bond acceptors (Lipinski definition) is 4. The maximum atomic E-state index is 12.3. The number of hydrogen-bond donors (Lipinski definition) is 3. The molecule has 0 bridgehead atoms. The third kappa shape index (κ3) is 3.25. The van der Waals surface area contributed by atoms with Crippen molar-refractivity contribution in [2.45, 2.75) is 49.6 Å². The number of benzene rings is 1. The van der Waals surface area contributed by atoms with Crippen molar-refractivity contribution < 1.29 is 13.5 Å². The van der Waals surface area contributed by atoms with Crippen LogP contribution in [0.2, 0.25) is 5.02 Å². The number of halogens is 1. The van der Waals surface area contributed by atoms with Crippen molar-refractivity contribution in [3.8, 4) is 0 Å². The zero-order valence-electron chi connectivity index (χ0n) is 11.3. The third-order valence-corrected chi connectivity index (χ3v) is 5.57. The van der Waals surface area contributed by atoms with E-state index < -0.39 is 22.2 Å². The first-order valence-corrected chi connectivity index (χ1v) is 8.43. The van der Waals surface area contributed by atoms with Crippen LogP contribution in [-0.4, -0.2) is 25.7 Å². The Hall–Kier alpha value is -0.820. The second kappa shape index (κ2) is 5.89. The van der Waals surface area contributed by atoms with Gasteiger partial charge in [0.15, 0.2) is 0 Å². The fraction of sp³-hybridized carbons (Fsp3) is 0.538. The van der Waals surface area contributed by atoms with E-state index in [0.29, 0.717) is 29.1 Å². The van der Waals surface area contributed by atoms with Gasteiger partial charge >= 0.3 is 0 Å². The number of nitrogens with one attached hydrogen (secondary N) is 1. The number of rotatable bonds is 3. The Morgan fingerprint density at radius 1 is 1.35 bits per heavy atom. The molecule has 0 unspecified atom stereocenters. The van der Waals surface area contributed by atoms with Crippen molar-refractivity contribution in [2.24, 2.45) is 0 Å². The summed E-state index contributed by atoms with van der Waals surface area (Å²) in [6.45, 7) is 1.73. The molecule has 1 aromatic rings. The minimum absolute atomic E-state index is 0.0309. The number of aliphatic hydroxyl groups is 1. The van der Waals surface area contributed by atoms with Gasteiger partial charge in [-0.15, -0.1) is 0 Å². The summed E-state index contributed by atoms with van der Waals surface area (Å²) in [6, 6.07) is 2.32. The molecule has 1 aliphatic rings. The molecule has 1 aliphatic carbocycles. The Morgan fingerprint density at radius 2 is 2.00 bits per heavy atom. The summed E-state index contributed by atoms with van der Waals surface area (Å²) in [4.78, 5) is 0.0309. The molecule has 0 amide bonds. The maximum Gasteiger partial charge on any atom is 0.241 e. The van der Waals surface area contributed by atoms with Crippen molar-refractivity contribution in [2.75, 3.05) is 5.73 Å². The molecule has 1 fully saturated rings. The molecule has 2 rings (SSSR count). The van der Waals surface area contributed by atoms with Gasteiger partial charge in [0.05, 0.1) is 11.0 Å². The zero-order valence-corrected chi connectivity index (χ0v) is 12.8. The summed E-state index contributed by atoms with van der Waals surface area (Å²) in [6.07, 6.45) is 2.43. The molecule has 7 heteroatoms. The topological polar surface area (TPSA) is 92.4 Å². The van der Waals surface area contributed by atoms with Crippen molar-refractivity contribution in [1.82, 2.24) is 4.72 Å². The highest BCUT2D eigenvalue weighted by molar-refractivity contribution is 7.89. The SMILES string of the molecule is Cc1c(N)cc(S(=O)(=O)N[C@H]2CCCC[C@@H]2O)cc1Cl. The summed E-state index contributed by atoms with van der Waals surface area (Å²) < 4.78 is 27.2. The van der Waals surface area contributed by atoms with E-state index in [1.54, 1.807) is 6.92 Å². The van der Waals surface area contributed by atoms with Gasteiger partial charge in [-0.2, -0.15) is 0 Å². The average Bonchev–Trinajstić information content (AvgIpc) is 2.38. The molecule has 1 saturated carbocycles. The normalized spacial score (nSPS) is 23.8. The Bertz CT molecular complexity index is 581. The molecule has 0 heterocycles. The van der Waals surface area contributed by atoms with Crippen molar-refractivity contribution in [1.29, 1.82) is 0 Å². The number of sulfonamides is 1. The van der Waals surface area contributed by atoms with Crippen LogP contribution in [0.1, 0.15) is 31.2 Å². The van der Waals surface area contributed by atoms with Gasteiger partial charge in [0.1, 0.15) is 0 Å². The van der Waals surface area contributed by atoms with Crippen LogP contribution in [0.25, 0.3) is 0 Å². The van der Waals surface area contributed by atoms with Crippen LogP contribution in [0.15, 0.2) is 17.0 Å². The lowest BCUT2D eigenvalue weighted by atomic mass is 9.93. The van der Waals surface area contributed by atoms with E-state index in [1.165, 1.54) is 12.1 Å². The molecule has 0 spiro atoms. The Labute approximate surface area is 124 Å². The van der Waals surface area contributed by atoms with Gasteiger partial charge in [-0.3, -0.25) is 0 Å². The van der Waals surface area contributed by atoms with Gasteiger partial charge in [-0.05, 0) is 37.5 Å². The van der Waals surface area contributed by atoms with E-state index in [1.807, 2.05) is 0 Å². The molecule has 0 radical (unpaired) electrons. The quantitative estimate of drug-likeness (QED) is 0.741. The third-order valence-electron chi connectivity index (χ3n) is 3.70. The van der Waals surface area contributed by atoms with Crippen LogP contribution in [0, 0.1) is 6.92 Å². The predicted molar refractivity (Wildman–Crippen MR) is 79.2 cm³/mol. The second-order valence-corrected chi connectivity index (χ2v) is 7.32. The molecular formula is C13H19ClN2O3S. The Morgan fingerprint density at radius 3 is 2.60 bits per heavy atom. The van der Waals surface area contributed by atoms with Gasteiger partial charge < -0.3 is 10.8 Å². The molecule has 0 aromatic heterocycles. The first-order valence-electron chi connectivity index (χ1n) is 6.57. The van der Waals surface area contributed by atoms with Gasteiger partial charge in [0, 0.05) is 16.8 Å². The minimum Gasteiger partial charge on any atom is -0.398 e. The predicted octanol–water partition coefficient (Wildman–Crippen LogP) is 1.81. The zero-order chi connectivity index (χ0) is 14.9. The molecule has 0 saturated heterocycles. The monoisotopic (exact) mass is 318 g/mol. The maximum absolute atomic E-state index is 12.3. The van der Waals surface area contributed by atoms with Crippen LogP contribution in [0.4, 0.5) is 5.69 Å². The number of nitrogens with two attached hydrogens (primary N) is 1. The smallest absolute Gasteiger partial charge is 0.241 e. The Balaban J connectivity index is 2.26. The largest absolute Gasteiger partial charge is 0.398 e.